The molecule has 2 aromatic rings. The SMILES string of the molecule is CC(C)Oc1ccc(S(C)(=O)=O)cc1C(=O)N1CCN(c2ccnc(C(F)(F)F)n2)CC1. The minimum atomic E-state index is -4.65. The minimum Gasteiger partial charge on any atom is -0.490 e. The molecule has 0 spiro atoms. The van der Waals surface area contributed by atoms with Crippen molar-refractivity contribution < 1.29 is 31.1 Å². The molecular weight excluding hydrogens is 449 g/mol. The zero-order chi connectivity index (χ0) is 23.7. The second-order valence-electron chi connectivity index (χ2n) is 7.61. The van der Waals surface area contributed by atoms with Crippen molar-refractivity contribution in [2.24, 2.45) is 0 Å². The van der Waals surface area contributed by atoms with Crippen molar-refractivity contribution in [3.8, 4) is 5.75 Å². The third-order valence-electron chi connectivity index (χ3n) is 4.76. The lowest BCUT2D eigenvalue weighted by Crippen LogP contribution is -2.49. The van der Waals surface area contributed by atoms with Gasteiger partial charge in [0.1, 0.15) is 11.6 Å². The molecule has 1 aromatic heterocycles. The largest absolute Gasteiger partial charge is 0.490 e. The number of nitrogens with zero attached hydrogens (tertiary/aromatic N) is 4. The van der Waals surface area contributed by atoms with Crippen LogP contribution in [-0.4, -0.2) is 67.7 Å². The quantitative estimate of drug-likeness (QED) is 0.661. The van der Waals surface area contributed by atoms with E-state index in [0.29, 0.717) is 0 Å². The summed E-state index contributed by atoms with van der Waals surface area (Å²) in [4.78, 5) is 23.2. The zero-order valence-electron chi connectivity index (χ0n) is 17.8. The lowest BCUT2D eigenvalue weighted by molar-refractivity contribution is -0.144. The van der Waals surface area contributed by atoms with Gasteiger partial charge in [-0.05, 0) is 38.1 Å². The molecule has 2 heterocycles. The molecule has 0 N–H and O–H groups in total. The Balaban J connectivity index is 1.79. The van der Waals surface area contributed by atoms with Gasteiger partial charge in [-0.1, -0.05) is 0 Å². The summed E-state index contributed by atoms with van der Waals surface area (Å²) in [5.74, 6) is -1.24. The first-order valence-electron chi connectivity index (χ1n) is 9.81. The molecule has 0 bridgehead atoms. The van der Waals surface area contributed by atoms with Crippen LogP contribution in [0.3, 0.4) is 0 Å². The fourth-order valence-corrected chi connectivity index (χ4v) is 3.88. The number of amides is 1. The molecule has 32 heavy (non-hydrogen) atoms. The van der Waals surface area contributed by atoms with Gasteiger partial charge in [-0.25, -0.2) is 18.4 Å². The first kappa shape index (κ1) is 23.8. The number of halogens is 3. The maximum absolute atomic E-state index is 13.2. The van der Waals surface area contributed by atoms with E-state index in [9.17, 15) is 26.4 Å². The number of carbonyl (C=O) groups is 1. The molecule has 3 rings (SSSR count). The smallest absolute Gasteiger partial charge is 0.451 e. The molecule has 12 heteroatoms. The van der Waals surface area contributed by atoms with Crippen molar-refractivity contribution in [3.63, 3.8) is 0 Å². The molecule has 1 aromatic carbocycles. The number of anilines is 1. The first-order chi connectivity index (χ1) is 14.9. The Morgan fingerprint density at radius 2 is 1.78 bits per heavy atom. The molecule has 0 saturated carbocycles. The Labute approximate surface area is 183 Å². The van der Waals surface area contributed by atoms with E-state index >= 15 is 0 Å². The van der Waals surface area contributed by atoms with Crippen LogP contribution in [0.1, 0.15) is 30.0 Å². The normalized spacial score (nSPS) is 15.2. The van der Waals surface area contributed by atoms with Crippen LogP contribution in [-0.2, 0) is 16.0 Å². The molecule has 1 aliphatic rings. The van der Waals surface area contributed by atoms with E-state index in [1.165, 1.54) is 29.2 Å². The van der Waals surface area contributed by atoms with Crippen LogP contribution in [0.15, 0.2) is 35.4 Å². The van der Waals surface area contributed by atoms with Crippen molar-refractivity contribution in [1.29, 1.82) is 0 Å². The van der Waals surface area contributed by atoms with Crippen molar-refractivity contribution in [1.82, 2.24) is 14.9 Å². The summed E-state index contributed by atoms with van der Waals surface area (Å²) in [5.41, 5.74) is 0.122. The summed E-state index contributed by atoms with van der Waals surface area (Å²) in [6, 6.07) is 5.52. The molecule has 1 aliphatic heterocycles. The predicted molar refractivity (Wildman–Crippen MR) is 110 cm³/mol. The van der Waals surface area contributed by atoms with Gasteiger partial charge in [-0.3, -0.25) is 4.79 Å². The van der Waals surface area contributed by atoms with E-state index in [4.69, 9.17) is 4.74 Å². The molecular formula is C20H23F3N4O4S. The van der Waals surface area contributed by atoms with Gasteiger partial charge >= 0.3 is 6.18 Å². The van der Waals surface area contributed by atoms with Gasteiger partial charge in [0.25, 0.3) is 5.91 Å². The highest BCUT2D eigenvalue weighted by Crippen LogP contribution is 2.28. The van der Waals surface area contributed by atoms with Crippen LogP contribution >= 0.6 is 0 Å². The lowest BCUT2D eigenvalue weighted by atomic mass is 10.1. The summed E-state index contributed by atoms with van der Waals surface area (Å²) in [6.07, 6.45) is -2.78. The Morgan fingerprint density at radius 3 is 2.34 bits per heavy atom. The van der Waals surface area contributed by atoms with E-state index in [2.05, 4.69) is 9.97 Å². The number of alkyl halides is 3. The number of hydrogen-bond acceptors (Lipinski definition) is 7. The Hall–Kier alpha value is -2.89. The average molecular weight is 472 g/mol. The van der Waals surface area contributed by atoms with Crippen LogP contribution < -0.4 is 9.64 Å². The monoisotopic (exact) mass is 472 g/mol. The maximum Gasteiger partial charge on any atom is 0.451 e. The second-order valence-corrected chi connectivity index (χ2v) is 9.63. The molecule has 0 radical (unpaired) electrons. The van der Waals surface area contributed by atoms with Gasteiger partial charge in [-0.15, -0.1) is 0 Å². The summed E-state index contributed by atoms with van der Waals surface area (Å²) in [7, 11) is -3.54. The van der Waals surface area contributed by atoms with E-state index in [1.807, 2.05) is 0 Å². The second kappa shape index (κ2) is 8.93. The van der Waals surface area contributed by atoms with Gasteiger partial charge < -0.3 is 14.5 Å². The van der Waals surface area contributed by atoms with Gasteiger partial charge in [0.2, 0.25) is 5.82 Å². The number of rotatable bonds is 5. The predicted octanol–water partition coefficient (Wildman–Crippen LogP) is 2.65. The van der Waals surface area contributed by atoms with Crippen LogP contribution in [0.25, 0.3) is 0 Å². The zero-order valence-corrected chi connectivity index (χ0v) is 18.6. The molecule has 8 nitrogen and oxygen atoms in total. The summed E-state index contributed by atoms with van der Waals surface area (Å²) in [6.45, 7) is 4.52. The standard InChI is InChI=1S/C20H23F3N4O4S/c1-13(2)31-16-5-4-14(32(3,29)30)12-15(16)18(28)27-10-8-26(9-11-27)17-6-7-24-19(25-17)20(21,22)23/h4-7,12-13H,8-11H2,1-3H3. The van der Waals surface area contributed by atoms with E-state index in [1.54, 1.807) is 18.7 Å². The topological polar surface area (TPSA) is 92.7 Å². The Kier molecular flexibility index (Phi) is 6.63. The fourth-order valence-electron chi connectivity index (χ4n) is 3.23. The summed E-state index contributed by atoms with van der Waals surface area (Å²) in [5, 5.41) is 0. The van der Waals surface area contributed by atoms with E-state index in [0.717, 1.165) is 12.5 Å². The number of benzene rings is 1. The van der Waals surface area contributed by atoms with Crippen molar-refractivity contribution in [2.45, 2.75) is 31.0 Å². The van der Waals surface area contributed by atoms with Gasteiger partial charge in [0.05, 0.1) is 16.6 Å². The summed E-state index contributed by atoms with van der Waals surface area (Å²) < 4.78 is 68.2. The highest BCUT2D eigenvalue weighted by atomic mass is 32.2. The molecule has 0 aliphatic carbocycles. The van der Waals surface area contributed by atoms with Crippen LogP contribution in [0.5, 0.6) is 5.75 Å². The van der Waals surface area contributed by atoms with Gasteiger partial charge in [0, 0.05) is 38.6 Å². The van der Waals surface area contributed by atoms with Crippen molar-refractivity contribution >= 4 is 21.6 Å². The number of carbonyl (C=O) groups excluding carboxylic acids is 1. The van der Waals surface area contributed by atoms with Gasteiger partial charge in [0.15, 0.2) is 9.84 Å². The Morgan fingerprint density at radius 1 is 1.12 bits per heavy atom. The molecule has 1 fully saturated rings. The lowest BCUT2D eigenvalue weighted by Gasteiger charge is -2.35. The number of piperazine rings is 1. The molecule has 1 saturated heterocycles. The van der Waals surface area contributed by atoms with E-state index < -0.39 is 27.7 Å². The molecule has 0 atom stereocenters. The van der Waals surface area contributed by atoms with Crippen LogP contribution in [0.2, 0.25) is 0 Å². The van der Waals surface area contributed by atoms with Crippen LogP contribution in [0, 0.1) is 0 Å². The van der Waals surface area contributed by atoms with Crippen molar-refractivity contribution in [3.05, 3.63) is 41.9 Å². The molecule has 0 unspecified atom stereocenters. The van der Waals surface area contributed by atoms with Crippen LogP contribution in [0.4, 0.5) is 19.0 Å². The van der Waals surface area contributed by atoms with Gasteiger partial charge in [-0.2, -0.15) is 13.2 Å². The Bertz CT molecular complexity index is 1100. The highest BCUT2D eigenvalue weighted by Gasteiger charge is 2.35. The number of sulfone groups is 1. The first-order valence-corrected chi connectivity index (χ1v) is 11.7. The maximum atomic E-state index is 13.2. The van der Waals surface area contributed by atoms with E-state index in [-0.39, 0.29) is 54.3 Å². The number of hydrogen-bond donors (Lipinski definition) is 0. The average Bonchev–Trinajstić information content (AvgIpc) is 2.72. The van der Waals surface area contributed by atoms with Crippen molar-refractivity contribution in [2.75, 3.05) is 37.3 Å². The minimum absolute atomic E-state index is 0.00347. The fraction of sp³-hybridized carbons (Fsp3) is 0.450. The number of ether oxygens (including phenoxy) is 1. The molecule has 1 amide bonds. The summed E-state index contributed by atoms with van der Waals surface area (Å²) >= 11 is 0. The third-order valence-corrected chi connectivity index (χ3v) is 5.87. The number of aromatic nitrogens is 2. The highest BCUT2D eigenvalue weighted by molar-refractivity contribution is 7.90. The molecule has 174 valence electrons. The third kappa shape index (κ3) is 5.47.